The van der Waals surface area contributed by atoms with Crippen LogP contribution in [0.4, 0.5) is 0 Å². The number of hydrogen-bond donors (Lipinski definition) is 1. The molecule has 0 saturated carbocycles. The molecule has 1 aromatic carbocycles. The minimum absolute atomic E-state index is 0.143. The molecule has 0 heterocycles. The number of rotatable bonds is 2. The molecule has 0 amide bonds. The topological polar surface area (TPSA) is 20.2 Å². The van der Waals surface area contributed by atoms with E-state index in [9.17, 15) is 0 Å². The Bertz CT molecular complexity index is 245. The third kappa shape index (κ3) is 2.17. The molecule has 1 N–H and O–H groups in total. The number of aryl methyl sites for hydroxylation is 1. The Morgan fingerprint density at radius 2 is 2.18 bits per heavy atom. The number of benzene rings is 1. The van der Waals surface area contributed by atoms with Gasteiger partial charge in [-0.1, -0.05) is 19.1 Å². The fourth-order valence-corrected chi connectivity index (χ4v) is 1.71. The molecule has 0 fully saturated rings. The molecule has 0 saturated heterocycles. The molecule has 0 aliphatic heterocycles. The highest BCUT2D eigenvalue weighted by Gasteiger charge is 1.97. The van der Waals surface area contributed by atoms with Gasteiger partial charge < -0.3 is 5.11 Å². The summed E-state index contributed by atoms with van der Waals surface area (Å²) in [6.45, 7) is 2.27. The third-order valence-electron chi connectivity index (χ3n) is 1.67. The lowest BCUT2D eigenvalue weighted by Gasteiger charge is -2.02. The van der Waals surface area contributed by atoms with Crippen LogP contribution in [0, 0.1) is 3.57 Å². The summed E-state index contributed by atoms with van der Waals surface area (Å²) < 4.78 is 1.28. The molecular formula is C9H11IO. The Kier molecular flexibility index (Phi) is 3.33. The molecule has 11 heavy (non-hydrogen) atoms. The zero-order valence-corrected chi connectivity index (χ0v) is 8.63. The number of aliphatic hydroxyl groups excluding tert-OH is 1. The lowest BCUT2D eigenvalue weighted by atomic mass is 10.1. The zero-order valence-electron chi connectivity index (χ0n) is 6.47. The maximum atomic E-state index is 8.85. The Balaban J connectivity index is 3.02. The van der Waals surface area contributed by atoms with Gasteiger partial charge in [-0.15, -0.1) is 0 Å². The van der Waals surface area contributed by atoms with Crippen LogP contribution in [0.25, 0.3) is 0 Å². The minimum atomic E-state index is 0.143. The Hall–Kier alpha value is -0.0900. The molecule has 0 atom stereocenters. The van der Waals surface area contributed by atoms with Gasteiger partial charge in [0.1, 0.15) is 0 Å². The van der Waals surface area contributed by atoms with Crippen molar-refractivity contribution in [3.05, 3.63) is 32.9 Å². The maximum Gasteiger partial charge on any atom is 0.0681 e. The van der Waals surface area contributed by atoms with Crippen molar-refractivity contribution in [3.8, 4) is 0 Å². The average molecular weight is 262 g/mol. The van der Waals surface area contributed by atoms with Crippen molar-refractivity contribution < 1.29 is 5.11 Å². The molecule has 0 spiro atoms. The fourth-order valence-electron chi connectivity index (χ4n) is 0.997. The van der Waals surface area contributed by atoms with E-state index >= 15 is 0 Å². The predicted molar refractivity (Wildman–Crippen MR) is 54.5 cm³/mol. The molecule has 2 heteroatoms. The van der Waals surface area contributed by atoms with Crippen molar-refractivity contribution in [2.75, 3.05) is 0 Å². The molecule has 0 aliphatic carbocycles. The van der Waals surface area contributed by atoms with E-state index in [1.54, 1.807) is 0 Å². The van der Waals surface area contributed by atoms with Gasteiger partial charge in [0.2, 0.25) is 0 Å². The van der Waals surface area contributed by atoms with E-state index in [2.05, 4.69) is 35.6 Å². The molecule has 1 aromatic rings. The van der Waals surface area contributed by atoms with Gasteiger partial charge in [0.05, 0.1) is 6.61 Å². The highest BCUT2D eigenvalue weighted by atomic mass is 127. The van der Waals surface area contributed by atoms with Gasteiger partial charge in [0, 0.05) is 3.57 Å². The number of halogens is 1. The summed E-state index contributed by atoms with van der Waals surface area (Å²) in [5.74, 6) is 0. The number of aliphatic hydroxyl groups is 1. The second kappa shape index (κ2) is 4.07. The van der Waals surface area contributed by atoms with Crippen LogP contribution >= 0.6 is 22.6 Å². The first-order chi connectivity index (χ1) is 5.27. The minimum Gasteiger partial charge on any atom is -0.392 e. The van der Waals surface area contributed by atoms with Crippen LogP contribution in [0.1, 0.15) is 18.1 Å². The molecule has 0 unspecified atom stereocenters. The largest absolute Gasteiger partial charge is 0.392 e. The van der Waals surface area contributed by atoms with Crippen LogP contribution in [-0.2, 0) is 13.0 Å². The molecule has 0 aromatic heterocycles. The summed E-state index contributed by atoms with van der Waals surface area (Å²) in [6, 6.07) is 6.06. The van der Waals surface area contributed by atoms with E-state index in [4.69, 9.17) is 5.11 Å². The van der Waals surface area contributed by atoms with Gasteiger partial charge >= 0.3 is 0 Å². The summed E-state index contributed by atoms with van der Waals surface area (Å²) in [7, 11) is 0. The first kappa shape index (κ1) is 9.00. The summed E-state index contributed by atoms with van der Waals surface area (Å²) in [6.07, 6.45) is 1.03. The lowest BCUT2D eigenvalue weighted by molar-refractivity contribution is 0.281. The van der Waals surface area contributed by atoms with E-state index in [-0.39, 0.29) is 6.61 Å². The van der Waals surface area contributed by atoms with Gasteiger partial charge in [-0.05, 0) is 46.2 Å². The molecule has 1 nitrogen and oxygen atoms in total. The van der Waals surface area contributed by atoms with Crippen LogP contribution in [0.3, 0.4) is 0 Å². The first-order valence-electron chi connectivity index (χ1n) is 3.66. The second-order valence-corrected chi connectivity index (χ2v) is 3.60. The molecule has 0 aliphatic rings. The average Bonchev–Trinajstić information content (AvgIpc) is 2.05. The Labute approximate surface area is 80.6 Å². The van der Waals surface area contributed by atoms with Crippen molar-refractivity contribution >= 4 is 22.6 Å². The third-order valence-corrected chi connectivity index (χ3v) is 2.73. The molecule has 0 bridgehead atoms. The van der Waals surface area contributed by atoms with E-state index in [0.29, 0.717) is 0 Å². The normalized spacial score (nSPS) is 10.1. The summed E-state index contributed by atoms with van der Waals surface area (Å²) in [5.41, 5.74) is 2.32. The molecule has 60 valence electrons. The quantitative estimate of drug-likeness (QED) is 0.811. The van der Waals surface area contributed by atoms with E-state index < -0.39 is 0 Å². The predicted octanol–water partition coefficient (Wildman–Crippen LogP) is 2.35. The van der Waals surface area contributed by atoms with Gasteiger partial charge in [0.15, 0.2) is 0 Å². The number of hydrogen-bond acceptors (Lipinski definition) is 1. The Morgan fingerprint density at radius 1 is 1.45 bits per heavy atom. The van der Waals surface area contributed by atoms with Gasteiger partial charge in [0.25, 0.3) is 0 Å². The van der Waals surface area contributed by atoms with Gasteiger partial charge in [-0.3, -0.25) is 0 Å². The lowest BCUT2D eigenvalue weighted by Crippen LogP contribution is -1.89. The van der Waals surface area contributed by atoms with E-state index in [1.807, 2.05) is 12.1 Å². The molecule has 0 radical (unpaired) electrons. The van der Waals surface area contributed by atoms with Gasteiger partial charge in [-0.25, -0.2) is 0 Å². The van der Waals surface area contributed by atoms with Crippen LogP contribution < -0.4 is 0 Å². The van der Waals surface area contributed by atoms with Crippen molar-refractivity contribution in [2.45, 2.75) is 20.0 Å². The fraction of sp³-hybridized carbons (Fsp3) is 0.333. The van der Waals surface area contributed by atoms with E-state index in [0.717, 1.165) is 12.0 Å². The smallest absolute Gasteiger partial charge is 0.0681 e. The first-order valence-corrected chi connectivity index (χ1v) is 4.74. The highest BCUT2D eigenvalue weighted by molar-refractivity contribution is 14.1. The van der Waals surface area contributed by atoms with Crippen molar-refractivity contribution in [1.29, 1.82) is 0 Å². The maximum absolute atomic E-state index is 8.85. The molecular weight excluding hydrogens is 251 g/mol. The second-order valence-electron chi connectivity index (χ2n) is 2.44. The molecule has 1 rings (SSSR count). The van der Waals surface area contributed by atoms with Crippen LogP contribution in [0.2, 0.25) is 0 Å². The van der Waals surface area contributed by atoms with Crippen molar-refractivity contribution in [1.82, 2.24) is 0 Å². The summed E-state index contributed by atoms with van der Waals surface area (Å²) in [5, 5.41) is 8.85. The van der Waals surface area contributed by atoms with Crippen LogP contribution in [0.15, 0.2) is 18.2 Å². The van der Waals surface area contributed by atoms with Crippen LogP contribution in [-0.4, -0.2) is 5.11 Å². The summed E-state index contributed by atoms with van der Waals surface area (Å²) in [4.78, 5) is 0. The zero-order chi connectivity index (χ0) is 8.27. The SMILES string of the molecule is CCc1cc(CO)ccc1I. The van der Waals surface area contributed by atoms with Crippen molar-refractivity contribution in [2.24, 2.45) is 0 Å². The summed E-state index contributed by atoms with van der Waals surface area (Å²) >= 11 is 2.31. The van der Waals surface area contributed by atoms with E-state index in [1.165, 1.54) is 9.13 Å². The van der Waals surface area contributed by atoms with Crippen LogP contribution in [0.5, 0.6) is 0 Å². The Morgan fingerprint density at radius 3 is 2.73 bits per heavy atom. The monoisotopic (exact) mass is 262 g/mol. The highest BCUT2D eigenvalue weighted by Crippen LogP contribution is 2.14. The van der Waals surface area contributed by atoms with Crippen molar-refractivity contribution in [3.63, 3.8) is 0 Å². The van der Waals surface area contributed by atoms with Gasteiger partial charge in [-0.2, -0.15) is 0 Å². The standard InChI is InChI=1S/C9H11IO/c1-2-8-5-7(6-11)3-4-9(8)10/h3-5,11H,2,6H2,1H3.